The first-order valence-corrected chi connectivity index (χ1v) is 7.02. The smallest absolute Gasteiger partial charge is 0.231 e. The van der Waals surface area contributed by atoms with Crippen molar-refractivity contribution in [1.29, 1.82) is 0 Å². The van der Waals surface area contributed by atoms with Crippen LogP contribution in [-0.4, -0.2) is 29.2 Å². The van der Waals surface area contributed by atoms with E-state index in [-0.39, 0.29) is 6.61 Å². The molecule has 2 unspecified atom stereocenters. The zero-order valence-corrected chi connectivity index (χ0v) is 13.4. The first-order valence-electron chi connectivity index (χ1n) is 7.02. The summed E-state index contributed by atoms with van der Waals surface area (Å²) in [6, 6.07) is 0. The minimum absolute atomic E-state index is 0.114. The van der Waals surface area contributed by atoms with Gasteiger partial charge in [-0.15, -0.1) is 0 Å². The molecule has 0 spiro atoms. The highest BCUT2D eigenvalue weighted by Gasteiger charge is 2.33. The highest BCUT2D eigenvalue weighted by molar-refractivity contribution is 4.71. The standard InChI is InChI=1S/C14H30O5/c1-8-12(15)10-16-18-14(7,9-2)19-17-13(5,6)11(3)4/h11-12,15H,8-10H2,1-7H3. The van der Waals surface area contributed by atoms with Crippen molar-refractivity contribution in [2.45, 2.75) is 78.8 Å². The summed E-state index contributed by atoms with van der Waals surface area (Å²) in [4.78, 5) is 21.1. The van der Waals surface area contributed by atoms with E-state index >= 15 is 0 Å². The minimum Gasteiger partial charge on any atom is -0.391 e. The van der Waals surface area contributed by atoms with Gasteiger partial charge >= 0.3 is 0 Å². The summed E-state index contributed by atoms with van der Waals surface area (Å²) < 4.78 is 0. The summed E-state index contributed by atoms with van der Waals surface area (Å²) in [6.45, 7) is 13.7. The van der Waals surface area contributed by atoms with Gasteiger partial charge in [0.1, 0.15) is 12.2 Å². The van der Waals surface area contributed by atoms with Crippen LogP contribution in [0.4, 0.5) is 0 Å². The van der Waals surface area contributed by atoms with Crippen LogP contribution in [0.15, 0.2) is 0 Å². The molecule has 0 heterocycles. The first-order chi connectivity index (χ1) is 8.67. The van der Waals surface area contributed by atoms with Crippen LogP contribution >= 0.6 is 0 Å². The van der Waals surface area contributed by atoms with Gasteiger partial charge in [0, 0.05) is 6.42 Å². The normalized spacial score (nSPS) is 17.5. The van der Waals surface area contributed by atoms with E-state index in [1.807, 2.05) is 27.7 Å². The summed E-state index contributed by atoms with van der Waals surface area (Å²) in [5, 5.41) is 9.38. The Labute approximate surface area is 117 Å². The molecule has 2 atom stereocenters. The van der Waals surface area contributed by atoms with Gasteiger partial charge in [0.2, 0.25) is 5.79 Å². The fourth-order valence-electron chi connectivity index (χ4n) is 0.779. The van der Waals surface area contributed by atoms with Gasteiger partial charge in [0.15, 0.2) is 0 Å². The average molecular weight is 278 g/mol. The maximum absolute atomic E-state index is 9.38. The van der Waals surface area contributed by atoms with Gasteiger partial charge in [-0.2, -0.15) is 9.78 Å². The molecule has 0 radical (unpaired) electrons. The van der Waals surface area contributed by atoms with Crippen molar-refractivity contribution >= 4 is 0 Å². The second kappa shape index (κ2) is 8.17. The molecule has 1 N–H and O–H groups in total. The lowest BCUT2D eigenvalue weighted by Gasteiger charge is -2.33. The minimum atomic E-state index is -0.986. The molecule has 5 nitrogen and oxygen atoms in total. The Hall–Kier alpha value is -0.200. The van der Waals surface area contributed by atoms with Crippen LogP contribution in [0.2, 0.25) is 0 Å². The lowest BCUT2D eigenvalue weighted by Crippen LogP contribution is -2.39. The quantitative estimate of drug-likeness (QED) is 0.378. The van der Waals surface area contributed by atoms with Gasteiger partial charge in [0.05, 0.1) is 6.10 Å². The third-order valence-electron chi connectivity index (χ3n) is 3.43. The van der Waals surface area contributed by atoms with Crippen molar-refractivity contribution in [2.75, 3.05) is 6.61 Å². The zero-order valence-electron chi connectivity index (χ0n) is 13.4. The summed E-state index contributed by atoms with van der Waals surface area (Å²) in [5.41, 5.74) is -0.414. The van der Waals surface area contributed by atoms with E-state index in [0.29, 0.717) is 18.8 Å². The van der Waals surface area contributed by atoms with Crippen LogP contribution in [0.25, 0.3) is 0 Å². The molecule has 19 heavy (non-hydrogen) atoms. The first kappa shape index (κ1) is 18.8. The van der Waals surface area contributed by atoms with E-state index in [9.17, 15) is 5.11 Å². The monoisotopic (exact) mass is 278 g/mol. The van der Waals surface area contributed by atoms with Crippen molar-refractivity contribution in [3.63, 3.8) is 0 Å². The lowest BCUT2D eigenvalue weighted by molar-refractivity contribution is -0.528. The molecule has 0 aromatic rings. The second-order valence-corrected chi connectivity index (χ2v) is 5.84. The topological polar surface area (TPSA) is 57.2 Å². The van der Waals surface area contributed by atoms with E-state index < -0.39 is 17.5 Å². The number of hydrogen-bond acceptors (Lipinski definition) is 5. The molecule has 0 saturated heterocycles. The summed E-state index contributed by atoms with van der Waals surface area (Å²) in [5.74, 6) is -0.684. The summed E-state index contributed by atoms with van der Waals surface area (Å²) >= 11 is 0. The number of aliphatic hydroxyl groups excluding tert-OH is 1. The molecule has 0 fully saturated rings. The van der Waals surface area contributed by atoms with Crippen LogP contribution in [0, 0.1) is 5.92 Å². The van der Waals surface area contributed by atoms with Gasteiger partial charge < -0.3 is 5.11 Å². The third-order valence-corrected chi connectivity index (χ3v) is 3.43. The van der Waals surface area contributed by atoms with Gasteiger partial charge in [-0.05, 0) is 33.1 Å². The Balaban J connectivity index is 4.22. The van der Waals surface area contributed by atoms with Gasteiger partial charge in [0.25, 0.3) is 0 Å². The molecule has 116 valence electrons. The zero-order chi connectivity index (χ0) is 15.1. The Morgan fingerprint density at radius 3 is 2.00 bits per heavy atom. The maximum Gasteiger partial charge on any atom is 0.231 e. The summed E-state index contributed by atoms with van der Waals surface area (Å²) in [6.07, 6.45) is 0.641. The molecule has 0 aliphatic rings. The molecule has 0 rings (SSSR count). The molecule has 5 heteroatoms. The molecular formula is C14H30O5. The molecule has 0 aliphatic heterocycles. The van der Waals surface area contributed by atoms with Crippen LogP contribution in [0.1, 0.15) is 61.3 Å². The van der Waals surface area contributed by atoms with Crippen molar-refractivity contribution in [2.24, 2.45) is 5.92 Å². The van der Waals surface area contributed by atoms with Gasteiger partial charge in [-0.3, -0.25) is 0 Å². The van der Waals surface area contributed by atoms with Gasteiger partial charge in [-0.25, -0.2) is 9.78 Å². The van der Waals surface area contributed by atoms with E-state index in [2.05, 4.69) is 13.8 Å². The Morgan fingerprint density at radius 1 is 1.00 bits per heavy atom. The number of hydrogen-bond donors (Lipinski definition) is 1. The fourth-order valence-corrected chi connectivity index (χ4v) is 0.779. The van der Waals surface area contributed by atoms with Crippen LogP contribution < -0.4 is 0 Å². The largest absolute Gasteiger partial charge is 0.391 e. The highest BCUT2D eigenvalue weighted by atomic mass is 17.3. The molecule has 0 aromatic carbocycles. The molecule has 0 saturated carbocycles. The van der Waals surface area contributed by atoms with Crippen LogP contribution in [0.3, 0.4) is 0 Å². The second-order valence-electron chi connectivity index (χ2n) is 5.84. The van der Waals surface area contributed by atoms with E-state index in [1.54, 1.807) is 6.92 Å². The Kier molecular flexibility index (Phi) is 8.08. The van der Waals surface area contributed by atoms with Crippen molar-refractivity contribution in [3.8, 4) is 0 Å². The van der Waals surface area contributed by atoms with Crippen LogP contribution in [0.5, 0.6) is 0 Å². The summed E-state index contributed by atoms with van der Waals surface area (Å²) in [7, 11) is 0. The predicted molar refractivity (Wildman–Crippen MR) is 73.1 cm³/mol. The average Bonchev–Trinajstić information content (AvgIpc) is 2.36. The molecular weight excluding hydrogens is 248 g/mol. The van der Waals surface area contributed by atoms with E-state index in [1.165, 1.54) is 0 Å². The SMILES string of the molecule is CCC(O)COOC(C)(CC)OOC(C)(C)C(C)C. The molecule has 0 amide bonds. The number of rotatable bonds is 10. The molecule has 0 aliphatic carbocycles. The highest BCUT2D eigenvalue weighted by Crippen LogP contribution is 2.26. The fraction of sp³-hybridized carbons (Fsp3) is 1.00. The van der Waals surface area contributed by atoms with Crippen molar-refractivity contribution < 1.29 is 24.7 Å². The molecule has 0 aromatic heterocycles. The predicted octanol–water partition coefficient (Wildman–Crippen LogP) is 3.21. The Morgan fingerprint density at radius 2 is 1.58 bits per heavy atom. The van der Waals surface area contributed by atoms with E-state index in [4.69, 9.17) is 19.6 Å². The van der Waals surface area contributed by atoms with E-state index in [0.717, 1.165) is 0 Å². The Bertz CT molecular complexity index is 242. The molecule has 0 bridgehead atoms. The maximum atomic E-state index is 9.38. The van der Waals surface area contributed by atoms with Crippen molar-refractivity contribution in [3.05, 3.63) is 0 Å². The van der Waals surface area contributed by atoms with Gasteiger partial charge in [-0.1, -0.05) is 27.7 Å². The lowest BCUT2D eigenvalue weighted by atomic mass is 9.95. The van der Waals surface area contributed by atoms with Crippen molar-refractivity contribution in [1.82, 2.24) is 0 Å². The third kappa shape index (κ3) is 7.22. The van der Waals surface area contributed by atoms with Crippen LogP contribution in [-0.2, 0) is 19.6 Å². The number of aliphatic hydroxyl groups is 1.